The van der Waals surface area contributed by atoms with Crippen LogP contribution in [0.4, 0.5) is 0 Å². The van der Waals surface area contributed by atoms with Crippen LogP contribution in [0, 0.1) is 0 Å². The first-order chi connectivity index (χ1) is 17.1. The molecule has 4 rings (SSSR count). The highest BCUT2D eigenvalue weighted by Gasteiger charge is 2.60. The van der Waals surface area contributed by atoms with Gasteiger partial charge in [0.15, 0.2) is 9.04 Å². The average molecular weight is 481 g/mol. The van der Waals surface area contributed by atoms with E-state index in [2.05, 4.69) is 117 Å². The highest BCUT2D eigenvalue weighted by Crippen LogP contribution is 2.56. The zero-order chi connectivity index (χ0) is 24.7. The van der Waals surface area contributed by atoms with Gasteiger partial charge in [0.2, 0.25) is 0 Å². The predicted octanol–water partition coefficient (Wildman–Crippen LogP) is 7.08. The van der Waals surface area contributed by atoms with Gasteiger partial charge in [0.05, 0.1) is 11.5 Å². The number of hydrogen-bond acceptors (Lipinski definition) is 2. The van der Waals surface area contributed by atoms with Gasteiger partial charge in [0.25, 0.3) is 0 Å². The minimum Gasteiger partial charge on any atom is -0.406 e. The number of aliphatic hydroxyl groups is 1. The summed E-state index contributed by atoms with van der Waals surface area (Å²) >= 11 is 0. The molecule has 1 N–H and O–H groups in total. The zero-order valence-electron chi connectivity index (χ0n) is 21.0. The molecule has 0 bridgehead atoms. The van der Waals surface area contributed by atoms with Crippen LogP contribution in [0.25, 0.3) is 0 Å². The van der Waals surface area contributed by atoms with Crippen molar-refractivity contribution in [3.8, 4) is 0 Å². The topological polar surface area (TPSA) is 29.5 Å². The Labute approximate surface area is 212 Å². The molecule has 0 aliphatic heterocycles. The van der Waals surface area contributed by atoms with Crippen molar-refractivity contribution < 1.29 is 9.53 Å². The van der Waals surface area contributed by atoms with Gasteiger partial charge in [0.1, 0.15) is 5.60 Å². The van der Waals surface area contributed by atoms with Crippen molar-refractivity contribution >= 4 is 9.04 Å². The molecule has 0 fully saturated rings. The molecule has 0 saturated heterocycles. The Bertz CT molecular complexity index is 1080. The van der Waals surface area contributed by atoms with Gasteiger partial charge < -0.3 is 9.53 Å². The van der Waals surface area contributed by atoms with Crippen LogP contribution < -0.4 is 0 Å². The molecule has 0 saturated carbocycles. The number of benzene rings is 4. The summed E-state index contributed by atoms with van der Waals surface area (Å²) in [5, 5.41) is 12.4. The standard InChI is InChI=1S/C32H36O2Si/c1-4-17-30(33)31(26-18-9-5-10-19-26,27-20-11-6-12-21-27)32(34-35(2)3,28-22-13-7-14-23-28)29-24-15-8-16-25-29/h5-16,18-25,30,33,35H,4,17H2,1-3H3. The minimum atomic E-state index is -1.65. The molecular weight excluding hydrogens is 444 g/mol. The fourth-order valence-electron chi connectivity index (χ4n) is 5.63. The van der Waals surface area contributed by atoms with Crippen LogP contribution in [0.15, 0.2) is 121 Å². The van der Waals surface area contributed by atoms with E-state index < -0.39 is 26.2 Å². The second-order valence-corrected chi connectivity index (χ2v) is 11.8. The molecule has 0 radical (unpaired) electrons. The molecule has 0 spiro atoms. The van der Waals surface area contributed by atoms with E-state index in [1.807, 2.05) is 24.3 Å². The Balaban J connectivity index is 2.26. The van der Waals surface area contributed by atoms with Crippen LogP contribution in [-0.2, 0) is 15.4 Å². The average Bonchev–Trinajstić information content (AvgIpc) is 2.90. The van der Waals surface area contributed by atoms with Gasteiger partial charge in [-0.1, -0.05) is 135 Å². The molecule has 0 heterocycles. The minimum absolute atomic E-state index is 0.647. The third-order valence-corrected chi connectivity index (χ3v) is 7.67. The molecule has 1 unspecified atom stereocenters. The summed E-state index contributed by atoms with van der Waals surface area (Å²) in [6, 6.07) is 42.0. The summed E-state index contributed by atoms with van der Waals surface area (Å²) in [5.74, 6) is 0. The first kappa shape index (κ1) is 25.1. The van der Waals surface area contributed by atoms with Gasteiger partial charge in [0, 0.05) is 0 Å². The third-order valence-electron chi connectivity index (χ3n) is 6.85. The van der Waals surface area contributed by atoms with Gasteiger partial charge in [-0.25, -0.2) is 0 Å². The molecule has 4 aromatic carbocycles. The molecule has 3 heteroatoms. The van der Waals surface area contributed by atoms with Crippen LogP contribution in [0.2, 0.25) is 13.1 Å². The number of rotatable bonds is 10. The van der Waals surface area contributed by atoms with Gasteiger partial charge in [-0.2, -0.15) is 0 Å². The second kappa shape index (κ2) is 11.2. The Morgan fingerprint density at radius 1 is 0.629 bits per heavy atom. The first-order valence-electron chi connectivity index (χ1n) is 12.6. The monoisotopic (exact) mass is 480 g/mol. The van der Waals surface area contributed by atoms with Gasteiger partial charge in [-0.15, -0.1) is 0 Å². The summed E-state index contributed by atoms with van der Waals surface area (Å²) in [5.41, 5.74) is 2.38. The van der Waals surface area contributed by atoms with E-state index in [4.69, 9.17) is 4.43 Å². The smallest absolute Gasteiger partial charge is 0.172 e. The van der Waals surface area contributed by atoms with E-state index >= 15 is 0 Å². The fraction of sp³-hybridized carbons (Fsp3) is 0.250. The van der Waals surface area contributed by atoms with Gasteiger partial charge in [-0.05, 0) is 41.8 Å². The number of hydrogen-bond donors (Lipinski definition) is 1. The Morgan fingerprint density at radius 3 is 1.29 bits per heavy atom. The highest BCUT2D eigenvalue weighted by molar-refractivity contribution is 6.48. The van der Waals surface area contributed by atoms with E-state index in [9.17, 15) is 5.11 Å². The molecule has 35 heavy (non-hydrogen) atoms. The second-order valence-electron chi connectivity index (χ2n) is 9.42. The predicted molar refractivity (Wildman–Crippen MR) is 148 cm³/mol. The molecule has 0 amide bonds. The van der Waals surface area contributed by atoms with Gasteiger partial charge >= 0.3 is 0 Å². The summed E-state index contributed by atoms with van der Waals surface area (Å²) in [4.78, 5) is 0. The lowest BCUT2D eigenvalue weighted by Crippen LogP contribution is -2.60. The van der Waals surface area contributed by atoms with Crippen molar-refractivity contribution in [1.29, 1.82) is 0 Å². The quantitative estimate of drug-likeness (QED) is 0.246. The van der Waals surface area contributed by atoms with Crippen LogP contribution in [-0.4, -0.2) is 20.3 Å². The van der Waals surface area contributed by atoms with Crippen molar-refractivity contribution in [3.05, 3.63) is 144 Å². The largest absolute Gasteiger partial charge is 0.406 e. The molecule has 0 aliphatic rings. The third kappa shape index (κ3) is 4.52. The summed E-state index contributed by atoms with van der Waals surface area (Å²) in [6.07, 6.45) is 0.820. The van der Waals surface area contributed by atoms with Crippen LogP contribution in [0.1, 0.15) is 42.0 Å². The van der Waals surface area contributed by atoms with Crippen LogP contribution >= 0.6 is 0 Å². The molecule has 0 aliphatic carbocycles. The van der Waals surface area contributed by atoms with Crippen molar-refractivity contribution in [2.45, 2.75) is 50.0 Å². The maximum Gasteiger partial charge on any atom is 0.172 e. The fourth-order valence-corrected chi connectivity index (χ4v) is 6.80. The lowest BCUT2D eigenvalue weighted by molar-refractivity contribution is -0.0417. The van der Waals surface area contributed by atoms with Crippen molar-refractivity contribution in [3.63, 3.8) is 0 Å². The summed E-state index contributed by atoms with van der Waals surface area (Å²) in [6.45, 7) is 6.57. The normalized spacial score (nSPS) is 13.1. The van der Waals surface area contributed by atoms with Crippen LogP contribution in [0.5, 0.6) is 0 Å². The van der Waals surface area contributed by atoms with E-state index in [0.717, 1.165) is 28.7 Å². The molecule has 2 nitrogen and oxygen atoms in total. The van der Waals surface area contributed by atoms with Crippen molar-refractivity contribution in [2.24, 2.45) is 0 Å². The lowest BCUT2D eigenvalue weighted by Gasteiger charge is -2.55. The summed E-state index contributed by atoms with van der Waals surface area (Å²) < 4.78 is 7.33. The maximum absolute atomic E-state index is 12.4. The first-order valence-corrected chi connectivity index (χ1v) is 15.4. The summed E-state index contributed by atoms with van der Waals surface area (Å²) in [7, 11) is -1.65. The van der Waals surface area contributed by atoms with E-state index in [-0.39, 0.29) is 0 Å². The Kier molecular flexibility index (Phi) is 8.02. The van der Waals surface area contributed by atoms with Gasteiger partial charge in [-0.3, -0.25) is 0 Å². The van der Waals surface area contributed by atoms with Crippen molar-refractivity contribution in [1.82, 2.24) is 0 Å². The molecule has 180 valence electrons. The van der Waals surface area contributed by atoms with E-state index in [0.29, 0.717) is 6.42 Å². The molecule has 1 atom stereocenters. The van der Waals surface area contributed by atoms with Crippen molar-refractivity contribution in [2.75, 3.05) is 0 Å². The SMILES string of the molecule is CCCC(O)C(c1ccccc1)(c1ccccc1)C(O[SiH](C)C)(c1ccccc1)c1ccccc1. The number of aliphatic hydroxyl groups excluding tert-OH is 1. The molecule has 0 aromatic heterocycles. The highest BCUT2D eigenvalue weighted by atomic mass is 28.3. The molecular formula is C32H36O2Si. The zero-order valence-corrected chi connectivity index (χ0v) is 22.1. The maximum atomic E-state index is 12.4. The molecule has 4 aromatic rings. The van der Waals surface area contributed by atoms with Crippen LogP contribution in [0.3, 0.4) is 0 Å². The Morgan fingerprint density at radius 2 is 0.971 bits per heavy atom. The van der Waals surface area contributed by atoms with E-state index in [1.165, 1.54) is 0 Å². The lowest BCUT2D eigenvalue weighted by atomic mass is 9.55. The van der Waals surface area contributed by atoms with E-state index in [1.54, 1.807) is 0 Å². The Hall–Kier alpha value is -2.98.